The largest absolute Gasteiger partial charge is 0.496 e. The summed E-state index contributed by atoms with van der Waals surface area (Å²) < 4.78 is 32.5. The average molecular weight is 375 g/mol. The summed E-state index contributed by atoms with van der Waals surface area (Å²) in [4.78, 5) is 24.6. The summed E-state index contributed by atoms with van der Waals surface area (Å²) >= 11 is 0. The minimum absolute atomic E-state index is 0.00422. The summed E-state index contributed by atoms with van der Waals surface area (Å²) in [5, 5.41) is 2.85. The van der Waals surface area contributed by atoms with Crippen LogP contribution in [0, 0.1) is 11.6 Å². The Hall–Kier alpha value is -2.76. The molecule has 27 heavy (non-hydrogen) atoms. The Kier molecular flexibility index (Phi) is 6.31. The van der Waals surface area contributed by atoms with E-state index >= 15 is 0 Å². The van der Waals surface area contributed by atoms with Gasteiger partial charge in [0.05, 0.1) is 7.11 Å². The molecular weight excluding hydrogens is 352 g/mol. The summed E-state index contributed by atoms with van der Waals surface area (Å²) in [6, 6.07) is 8.93. The lowest BCUT2D eigenvalue weighted by atomic mass is 9.99. The molecule has 2 aromatic rings. The van der Waals surface area contributed by atoms with Gasteiger partial charge in [0.25, 0.3) is 5.91 Å². The average Bonchev–Trinajstić information content (AvgIpc) is 2.58. The maximum Gasteiger partial charge on any atom is 0.251 e. The fraction of sp³-hybridized carbons (Fsp3) is 0.333. The molecule has 1 amide bonds. The molecule has 6 heteroatoms. The second-order valence-corrected chi connectivity index (χ2v) is 7.34. The standard InChI is InChI=1S/C21H23F2NO3/c1-21(2,3)24-20(26)14-7-5-6-13(10-14)11-15(25)12-16-18(27-4)9-8-17(22)19(16)23/h5-10H,11-12H2,1-4H3,(H,24,26). The number of halogens is 2. The Morgan fingerprint density at radius 3 is 2.41 bits per heavy atom. The number of Topliss-reactive ketones (excluding diaryl/α,β-unsaturated/α-hetero) is 1. The number of hydrogen-bond donors (Lipinski definition) is 1. The molecule has 0 bridgehead atoms. The number of ether oxygens (including phenoxy) is 1. The first kappa shape index (κ1) is 20.6. The van der Waals surface area contributed by atoms with Crippen LogP contribution in [0.15, 0.2) is 36.4 Å². The van der Waals surface area contributed by atoms with Gasteiger partial charge in [0.15, 0.2) is 11.6 Å². The maximum atomic E-state index is 14.0. The van der Waals surface area contributed by atoms with Gasteiger partial charge >= 0.3 is 0 Å². The highest BCUT2D eigenvalue weighted by molar-refractivity contribution is 5.95. The topological polar surface area (TPSA) is 55.4 Å². The van der Waals surface area contributed by atoms with Gasteiger partial charge in [0, 0.05) is 29.5 Å². The number of methoxy groups -OCH3 is 1. The van der Waals surface area contributed by atoms with Gasteiger partial charge in [0.1, 0.15) is 11.5 Å². The van der Waals surface area contributed by atoms with E-state index in [0.717, 1.165) is 6.07 Å². The third-order valence-electron chi connectivity index (χ3n) is 3.83. The van der Waals surface area contributed by atoms with Crippen LogP contribution in [0.2, 0.25) is 0 Å². The van der Waals surface area contributed by atoms with E-state index in [1.807, 2.05) is 20.8 Å². The van der Waals surface area contributed by atoms with E-state index in [1.165, 1.54) is 13.2 Å². The molecule has 0 aliphatic carbocycles. The highest BCUT2D eigenvalue weighted by Gasteiger charge is 2.19. The van der Waals surface area contributed by atoms with E-state index in [2.05, 4.69) is 5.32 Å². The molecule has 0 fully saturated rings. The Morgan fingerprint density at radius 1 is 1.07 bits per heavy atom. The van der Waals surface area contributed by atoms with Gasteiger partial charge in [0.2, 0.25) is 0 Å². The minimum Gasteiger partial charge on any atom is -0.496 e. The van der Waals surface area contributed by atoms with Crippen LogP contribution in [0.25, 0.3) is 0 Å². The van der Waals surface area contributed by atoms with Crippen LogP contribution < -0.4 is 10.1 Å². The predicted octanol–water partition coefficient (Wildman–Crippen LogP) is 3.86. The number of amides is 1. The van der Waals surface area contributed by atoms with Gasteiger partial charge in [-0.15, -0.1) is 0 Å². The van der Waals surface area contributed by atoms with Crippen LogP contribution in [-0.4, -0.2) is 24.3 Å². The number of nitrogens with one attached hydrogen (secondary N) is 1. The Morgan fingerprint density at radius 2 is 1.78 bits per heavy atom. The smallest absolute Gasteiger partial charge is 0.251 e. The highest BCUT2D eigenvalue weighted by atomic mass is 19.2. The van der Waals surface area contributed by atoms with Gasteiger partial charge in [-0.2, -0.15) is 0 Å². The van der Waals surface area contributed by atoms with Gasteiger partial charge in [-0.05, 0) is 50.6 Å². The van der Waals surface area contributed by atoms with E-state index < -0.39 is 11.6 Å². The summed E-state index contributed by atoms with van der Waals surface area (Å²) in [5.74, 6) is -2.54. The molecule has 0 aromatic heterocycles. The van der Waals surface area contributed by atoms with Gasteiger partial charge in [-0.3, -0.25) is 9.59 Å². The van der Waals surface area contributed by atoms with Crippen molar-refractivity contribution in [3.63, 3.8) is 0 Å². The van der Waals surface area contributed by atoms with E-state index in [1.54, 1.807) is 24.3 Å². The summed E-state index contributed by atoms with van der Waals surface area (Å²) in [5.41, 5.74) is 0.570. The van der Waals surface area contributed by atoms with Crippen LogP contribution in [0.1, 0.15) is 42.3 Å². The number of benzene rings is 2. The van der Waals surface area contributed by atoms with Crippen molar-refractivity contribution in [2.45, 2.75) is 39.2 Å². The van der Waals surface area contributed by atoms with Crippen molar-refractivity contribution < 1.29 is 23.1 Å². The summed E-state index contributed by atoms with van der Waals surface area (Å²) in [6.45, 7) is 5.62. The first-order valence-electron chi connectivity index (χ1n) is 8.54. The van der Waals surface area contributed by atoms with Crippen LogP contribution in [0.3, 0.4) is 0 Å². The molecule has 0 spiro atoms. The molecule has 0 radical (unpaired) electrons. The van der Waals surface area contributed by atoms with E-state index in [9.17, 15) is 18.4 Å². The number of hydrogen-bond acceptors (Lipinski definition) is 3. The Labute approximate surface area is 157 Å². The van der Waals surface area contributed by atoms with Crippen molar-refractivity contribution in [2.75, 3.05) is 7.11 Å². The molecule has 0 saturated heterocycles. The Bertz CT molecular complexity index is 857. The zero-order valence-electron chi connectivity index (χ0n) is 15.9. The molecule has 0 unspecified atom stereocenters. The molecule has 0 aliphatic heterocycles. The first-order valence-corrected chi connectivity index (χ1v) is 8.54. The zero-order valence-corrected chi connectivity index (χ0v) is 15.9. The zero-order chi connectivity index (χ0) is 20.2. The van der Waals surface area contributed by atoms with Crippen molar-refractivity contribution >= 4 is 11.7 Å². The van der Waals surface area contributed by atoms with E-state index in [4.69, 9.17) is 4.74 Å². The van der Waals surface area contributed by atoms with E-state index in [0.29, 0.717) is 11.1 Å². The van der Waals surface area contributed by atoms with E-state index in [-0.39, 0.29) is 41.4 Å². The molecule has 4 nitrogen and oxygen atoms in total. The van der Waals surface area contributed by atoms with Gasteiger partial charge in [-0.1, -0.05) is 12.1 Å². The lowest BCUT2D eigenvalue weighted by Gasteiger charge is -2.20. The van der Waals surface area contributed by atoms with Crippen LogP contribution in [-0.2, 0) is 17.6 Å². The molecule has 0 aliphatic rings. The number of carbonyl (C=O) groups excluding carboxylic acids is 2. The highest BCUT2D eigenvalue weighted by Crippen LogP contribution is 2.24. The molecule has 0 saturated carbocycles. The van der Waals surface area contributed by atoms with Crippen LogP contribution in [0.5, 0.6) is 5.75 Å². The predicted molar refractivity (Wildman–Crippen MR) is 99.0 cm³/mol. The van der Waals surface area contributed by atoms with Crippen molar-refractivity contribution in [3.05, 3.63) is 64.7 Å². The van der Waals surface area contributed by atoms with Crippen molar-refractivity contribution in [2.24, 2.45) is 0 Å². The Balaban J connectivity index is 2.15. The third-order valence-corrected chi connectivity index (χ3v) is 3.83. The number of rotatable bonds is 6. The third kappa shape index (κ3) is 5.61. The molecule has 0 atom stereocenters. The van der Waals surface area contributed by atoms with Crippen LogP contribution >= 0.6 is 0 Å². The summed E-state index contributed by atoms with van der Waals surface area (Å²) in [6.07, 6.45) is -0.305. The first-order chi connectivity index (χ1) is 12.6. The summed E-state index contributed by atoms with van der Waals surface area (Å²) in [7, 11) is 1.33. The number of carbonyl (C=O) groups is 2. The van der Waals surface area contributed by atoms with Crippen molar-refractivity contribution in [1.29, 1.82) is 0 Å². The lowest BCUT2D eigenvalue weighted by molar-refractivity contribution is -0.117. The molecular formula is C21H23F2NO3. The normalized spacial score (nSPS) is 11.2. The monoisotopic (exact) mass is 375 g/mol. The second-order valence-electron chi connectivity index (χ2n) is 7.34. The maximum absolute atomic E-state index is 14.0. The van der Waals surface area contributed by atoms with Gasteiger partial charge in [-0.25, -0.2) is 8.78 Å². The molecule has 144 valence electrons. The lowest BCUT2D eigenvalue weighted by Crippen LogP contribution is -2.40. The molecule has 0 heterocycles. The van der Waals surface area contributed by atoms with Gasteiger partial charge < -0.3 is 10.1 Å². The van der Waals surface area contributed by atoms with Crippen molar-refractivity contribution in [3.8, 4) is 5.75 Å². The van der Waals surface area contributed by atoms with Crippen LogP contribution in [0.4, 0.5) is 8.78 Å². The fourth-order valence-electron chi connectivity index (χ4n) is 2.65. The quantitative estimate of drug-likeness (QED) is 0.834. The molecule has 1 N–H and O–H groups in total. The fourth-order valence-corrected chi connectivity index (χ4v) is 2.65. The SMILES string of the molecule is COc1ccc(F)c(F)c1CC(=O)Cc1cccc(C(=O)NC(C)(C)C)c1. The molecule has 2 rings (SSSR count). The second kappa shape index (κ2) is 8.29. The minimum atomic E-state index is -1.08. The molecule has 2 aromatic carbocycles. The van der Waals surface area contributed by atoms with Crippen molar-refractivity contribution in [1.82, 2.24) is 5.32 Å². The number of ketones is 1.